The molecule has 0 saturated heterocycles. The second kappa shape index (κ2) is 7.22. The molecule has 0 aliphatic carbocycles. The SMILES string of the molecule is C[C@@H](C(=O)Nc1cc(F)ccc1F)S(=O)(=O)Cc1ccc(F)c(F)c1. The molecule has 1 atom stereocenters. The predicted octanol–water partition coefficient (Wildman–Crippen LogP) is 3.19. The van der Waals surface area contributed by atoms with Crippen LogP contribution in [-0.4, -0.2) is 19.6 Å². The Hall–Kier alpha value is -2.42. The van der Waals surface area contributed by atoms with Crippen molar-refractivity contribution in [3.63, 3.8) is 0 Å². The largest absolute Gasteiger partial charge is 0.322 e. The lowest BCUT2D eigenvalue weighted by Gasteiger charge is -2.14. The van der Waals surface area contributed by atoms with Crippen LogP contribution in [0, 0.1) is 23.3 Å². The van der Waals surface area contributed by atoms with Gasteiger partial charge in [0, 0.05) is 6.07 Å². The topological polar surface area (TPSA) is 63.2 Å². The molecule has 4 nitrogen and oxygen atoms in total. The summed E-state index contributed by atoms with van der Waals surface area (Å²) in [6, 6.07) is 4.89. The Bertz CT molecular complexity index is 916. The van der Waals surface area contributed by atoms with Crippen LogP contribution in [0.1, 0.15) is 12.5 Å². The van der Waals surface area contributed by atoms with E-state index < -0.39 is 55.7 Å². The van der Waals surface area contributed by atoms with E-state index in [2.05, 4.69) is 0 Å². The fourth-order valence-corrected chi connectivity index (χ4v) is 3.26. The zero-order valence-electron chi connectivity index (χ0n) is 12.9. The molecule has 0 aliphatic rings. The minimum absolute atomic E-state index is 0.0458. The summed E-state index contributed by atoms with van der Waals surface area (Å²) < 4.78 is 77.1. The van der Waals surface area contributed by atoms with E-state index in [1.165, 1.54) is 0 Å². The highest BCUT2D eigenvalue weighted by Crippen LogP contribution is 2.18. The van der Waals surface area contributed by atoms with Gasteiger partial charge in [-0.05, 0) is 36.8 Å². The fourth-order valence-electron chi connectivity index (χ4n) is 1.98. The highest BCUT2D eigenvalue weighted by molar-refractivity contribution is 7.92. The van der Waals surface area contributed by atoms with Crippen molar-refractivity contribution in [3.05, 3.63) is 65.2 Å². The number of anilines is 1. The summed E-state index contributed by atoms with van der Waals surface area (Å²) in [5.74, 6) is -5.88. The van der Waals surface area contributed by atoms with Gasteiger partial charge >= 0.3 is 0 Å². The van der Waals surface area contributed by atoms with Crippen molar-refractivity contribution in [2.45, 2.75) is 17.9 Å². The maximum absolute atomic E-state index is 13.5. The molecule has 25 heavy (non-hydrogen) atoms. The summed E-state index contributed by atoms with van der Waals surface area (Å²) >= 11 is 0. The molecule has 0 saturated carbocycles. The van der Waals surface area contributed by atoms with Crippen LogP contribution >= 0.6 is 0 Å². The summed E-state index contributed by atoms with van der Waals surface area (Å²) in [6.07, 6.45) is 0. The molecule has 0 aromatic heterocycles. The Balaban J connectivity index is 2.16. The minimum Gasteiger partial charge on any atom is -0.322 e. The molecule has 0 spiro atoms. The van der Waals surface area contributed by atoms with Crippen LogP contribution in [0.3, 0.4) is 0 Å². The Morgan fingerprint density at radius 1 is 1.00 bits per heavy atom. The molecule has 9 heteroatoms. The van der Waals surface area contributed by atoms with Gasteiger partial charge in [0.2, 0.25) is 5.91 Å². The summed E-state index contributed by atoms with van der Waals surface area (Å²) in [4.78, 5) is 12.0. The zero-order chi connectivity index (χ0) is 18.8. The summed E-state index contributed by atoms with van der Waals surface area (Å²) in [5.41, 5.74) is -0.546. The first-order valence-electron chi connectivity index (χ1n) is 7.01. The summed E-state index contributed by atoms with van der Waals surface area (Å²) in [6.45, 7) is 1.06. The molecule has 0 bridgehead atoms. The number of hydrogen-bond acceptors (Lipinski definition) is 3. The van der Waals surface area contributed by atoms with E-state index in [4.69, 9.17) is 0 Å². The maximum Gasteiger partial charge on any atom is 0.242 e. The van der Waals surface area contributed by atoms with Crippen molar-refractivity contribution < 1.29 is 30.8 Å². The first-order chi connectivity index (χ1) is 11.6. The van der Waals surface area contributed by atoms with Gasteiger partial charge in [0.15, 0.2) is 21.5 Å². The molecule has 2 rings (SSSR count). The van der Waals surface area contributed by atoms with Crippen LogP contribution in [0.5, 0.6) is 0 Å². The summed E-state index contributed by atoms with van der Waals surface area (Å²) in [5, 5.41) is 0.374. The standard InChI is InChI=1S/C16H13F4NO3S/c1-9(16(22)21-15-7-11(17)3-5-13(15)19)25(23,24)8-10-2-4-12(18)14(20)6-10/h2-7,9H,8H2,1H3,(H,21,22)/t9-/m0/s1. The van der Waals surface area contributed by atoms with Gasteiger partial charge < -0.3 is 5.32 Å². The van der Waals surface area contributed by atoms with E-state index in [-0.39, 0.29) is 5.56 Å². The van der Waals surface area contributed by atoms with E-state index in [1.54, 1.807) is 0 Å². The van der Waals surface area contributed by atoms with Gasteiger partial charge in [0.1, 0.15) is 16.9 Å². The predicted molar refractivity (Wildman–Crippen MR) is 83.4 cm³/mol. The van der Waals surface area contributed by atoms with Crippen molar-refractivity contribution in [2.24, 2.45) is 0 Å². The van der Waals surface area contributed by atoms with Gasteiger partial charge in [0.25, 0.3) is 0 Å². The van der Waals surface area contributed by atoms with Gasteiger partial charge in [0.05, 0.1) is 11.4 Å². The first-order valence-corrected chi connectivity index (χ1v) is 8.73. The Morgan fingerprint density at radius 2 is 1.64 bits per heavy atom. The van der Waals surface area contributed by atoms with Crippen molar-refractivity contribution in [3.8, 4) is 0 Å². The quantitative estimate of drug-likeness (QED) is 0.817. The average molecular weight is 375 g/mol. The van der Waals surface area contributed by atoms with E-state index in [0.29, 0.717) is 12.1 Å². The van der Waals surface area contributed by atoms with E-state index in [9.17, 15) is 30.8 Å². The number of carbonyl (C=O) groups excluding carboxylic acids is 1. The van der Waals surface area contributed by atoms with E-state index in [1.807, 2.05) is 5.32 Å². The minimum atomic E-state index is -4.10. The second-order valence-electron chi connectivity index (χ2n) is 5.31. The lowest BCUT2D eigenvalue weighted by Crippen LogP contribution is -2.33. The number of halogens is 4. The van der Waals surface area contributed by atoms with Crippen molar-refractivity contribution in [1.29, 1.82) is 0 Å². The van der Waals surface area contributed by atoms with Crippen LogP contribution in [0.25, 0.3) is 0 Å². The first kappa shape index (κ1) is 18.9. The highest BCUT2D eigenvalue weighted by atomic mass is 32.2. The van der Waals surface area contributed by atoms with Gasteiger partial charge in [-0.3, -0.25) is 4.79 Å². The zero-order valence-corrected chi connectivity index (χ0v) is 13.7. The van der Waals surface area contributed by atoms with Gasteiger partial charge in [-0.15, -0.1) is 0 Å². The molecule has 0 heterocycles. The molecule has 2 aromatic rings. The number of sulfone groups is 1. The van der Waals surface area contributed by atoms with Crippen LogP contribution in [0.15, 0.2) is 36.4 Å². The third-order valence-corrected chi connectivity index (χ3v) is 5.47. The van der Waals surface area contributed by atoms with Crippen LogP contribution in [0.4, 0.5) is 23.2 Å². The maximum atomic E-state index is 13.5. The Morgan fingerprint density at radius 3 is 2.28 bits per heavy atom. The highest BCUT2D eigenvalue weighted by Gasteiger charge is 2.29. The van der Waals surface area contributed by atoms with Crippen LogP contribution < -0.4 is 5.32 Å². The van der Waals surface area contributed by atoms with Gasteiger partial charge in [-0.1, -0.05) is 6.07 Å². The molecule has 1 N–H and O–H groups in total. The van der Waals surface area contributed by atoms with Crippen LogP contribution in [0.2, 0.25) is 0 Å². The molecule has 2 aromatic carbocycles. The smallest absolute Gasteiger partial charge is 0.242 e. The number of rotatable bonds is 5. The number of hydrogen-bond donors (Lipinski definition) is 1. The number of amides is 1. The fraction of sp³-hybridized carbons (Fsp3) is 0.188. The molecular formula is C16H13F4NO3S. The monoisotopic (exact) mass is 375 g/mol. The molecule has 1 amide bonds. The van der Waals surface area contributed by atoms with E-state index >= 15 is 0 Å². The van der Waals surface area contributed by atoms with Crippen molar-refractivity contribution in [2.75, 3.05) is 5.32 Å². The Labute approximate surface area is 141 Å². The summed E-state index contributed by atoms with van der Waals surface area (Å²) in [7, 11) is -4.10. The lowest BCUT2D eigenvalue weighted by atomic mass is 10.2. The lowest BCUT2D eigenvalue weighted by molar-refractivity contribution is -0.115. The third kappa shape index (κ3) is 4.56. The van der Waals surface area contributed by atoms with Crippen LogP contribution in [-0.2, 0) is 20.4 Å². The second-order valence-corrected chi connectivity index (χ2v) is 7.63. The number of benzene rings is 2. The number of carbonyl (C=O) groups is 1. The third-order valence-electron chi connectivity index (χ3n) is 3.45. The van der Waals surface area contributed by atoms with Gasteiger partial charge in [-0.2, -0.15) is 0 Å². The van der Waals surface area contributed by atoms with Gasteiger partial charge in [-0.25, -0.2) is 26.0 Å². The van der Waals surface area contributed by atoms with Crippen molar-refractivity contribution >= 4 is 21.4 Å². The molecule has 0 radical (unpaired) electrons. The normalized spacial score (nSPS) is 12.7. The number of nitrogens with one attached hydrogen (secondary N) is 1. The average Bonchev–Trinajstić information content (AvgIpc) is 2.53. The van der Waals surface area contributed by atoms with E-state index in [0.717, 1.165) is 31.2 Å². The van der Waals surface area contributed by atoms with Crippen molar-refractivity contribution in [1.82, 2.24) is 0 Å². The molecule has 0 unspecified atom stereocenters. The molecule has 0 fully saturated rings. The molecule has 134 valence electrons. The Kier molecular flexibility index (Phi) is 5.46. The molecule has 0 aliphatic heterocycles. The molecular weight excluding hydrogens is 362 g/mol.